The predicted octanol–water partition coefficient (Wildman–Crippen LogP) is 5.09. The van der Waals surface area contributed by atoms with E-state index in [0.29, 0.717) is 0 Å². The van der Waals surface area contributed by atoms with E-state index in [9.17, 15) is 0 Å². The van der Waals surface area contributed by atoms with Crippen LogP contribution in [0.15, 0.2) is 54.6 Å². The normalized spacial score (nSPS) is 11.8. The zero-order valence-corrected chi connectivity index (χ0v) is 11.2. The number of fused-ring (bicyclic) bond motifs is 3. The lowest BCUT2D eigenvalue weighted by Gasteiger charge is -2.01. The number of hydrogen-bond acceptors (Lipinski definition) is 0. The van der Waals surface area contributed by atoms with Crippen LogP contribution in [-0.2, 0) is 0 Å². The smallest absolute Gasteiger partial charge is 0.0136 e. The number of halogens is 1. The van der Waals surface area contributed by atoms with Crippen molar-refractivity contribution in [1.29, 1.82) is 0 Å². The minimum atomic E-state index is 1.30. The highest BCUT2D eigenvalue weighted by atomic mass is 127. The average molecular weight is 328 g/mol. The molecule has 80 valence electrons. The minimum Gasteiger partial charge on any atom is -0.0610 e. The standard InChI is InChI=1S/C16H9I/c17-11-7-8-12-13-5-1-3-10-4-2-6-14(16(10)13)15(12)9-11/h1-9H. The maximum absolute atomic E-state index is 2.38. The van der Waals surface area contributed by atoms with E-state index >= 15 is 0 Å². The maximum atomic E-state index is 2.38. The van der Waals surface area contributed by atoms with Crippen molar-refractivity contribution in [3.05, 3.63) is 58.2 Å². The Morgan fingerprint density at radius 3 is 2.12 bits per heavy atom. The van der Waals surface area contributed by atoms with Crippen molar-refractivity contribution in [2.75, 3.05) is 0 Å². The van der Waals surface area contributed by atoms with Crippen molar-refractivity contribution in [2.45, 2.75) is 0 Å². The molecule has 0 atom stereocenters. The molecule has 0 amide bonds. The van der Waals surface area contributed by atoms with Gasteiger partial charge in [0, 0.05) is 3.57 Å². The second kappa shape index (κ2) is 3.33. The fourth-order valence-corrected chi connectivity index (χ4v) is 3.26. The van der Waals surface area contributed by atoms with Crippen LogP contribution in [0.3, 0.4) is 0 Å². The van der Waals surface area contributed by atoms with Crippen molar-refractivity contribution in [3.63, 3.8) is 0 Å². The molecule has 0 heterocycles. The van der Waals surface area contributed by atoms with Crippen LogP contribution in [0.2, 0.25) is 0 Å². The topological polar surface area (TPSA) is 0 Å². The third kappa shape index (κ3) is 1.23. The average Bonchev–Trinajstić information content (AvgIpc) is 2.67. The van der Waals surface area contributed by atoms with Gasteiger partial charge in [0.15, 0.2) is 0 Å². The molecule has 17 heavy (non-hydrogen) atoms. The van der Waals surface area contributed by atoms with Crippen LogP contribution in [-0.4, -0.2) is 0 Å². The van der Waals surface area contributed by atoms with E-state index in [4.69, 9.17) is 0 Å². The van der Waals surface area contributed by atoms with Crippen molar-refractivity contribution < 1.29 is 0 Å². The summed E-state index contributed by atoms with van der Waals surface area (Å²) in [6.45, 7) is 0. The molecule has 3 aromatic carbocycles. The van der Waals surface area contributed by atoms with Gasteiger partial charge in [-0.25, -0.2) is 0 Å². The number of rotatable bonds is 0. The van der Waals surface area contributed by atoms with Gasteiger partial charge in [-0.2, -0.15) is 0 Å². The van der Waals surface area contributed by atoms with Gasteiger partial charge in [-0.05, 0) is 67.7 Å². The van der Waals surface area contributed by atoms with Gasteiger partial charge in [-0.1, -0.05) is 42.5 Å². The van der Waals surface area contributed by atoms with Gasteiger partial charge in [-0.15, -0.1) is 0 Å². The summed E-state index contributed by atoms with van der Waals surface area (Å²) in [5.74, 6) is 0. The molecule has 0 aromatic heterocycles. The molecule has 1 aliphatic carbocycles. The van der Waals surface area contributed by atoms with E-state index in [1.165, 1.54) is 36.6 Å². The molecule has 1 aliphatic rings. The molecular formula is C16H9I. The van der Waals surface area contributed by atoms with E-state index in [1.54, 1.807) is 0 Å². The monoisotopic (exact) mass is 328 g/mol. The lowest BCUT2D eigenvalue weighted by Crippen LogP contribution is -1.77. The van der Waals surface area contributed by atoms with E-state index < -0.39 is 0 Å². The summed E-state index contributed by atoms with van der Waals surface area (Å²) in [6, 6.07) is 19.8. The molecule has 0 saturated carbocycles. The van der Waals surface area contributed by atoms with Crippen LogP contribution in [0.4, 0.5) is 0 Å². The van der Waals surface area contributed by atoms with Crippen molar-refractivity contribution in [1.82, 2.24) is 0 Å². The van der Waals surface area contributed by atoms with Crippen molar-refractivity contribution in [2.24, 2.45) is 0 Å². The first-order valence-electron chi connectivity index (χ1n) is 5.67. The Balaban J connectivity index is 2.26. The first-order valence-corrected chi connectivity index (χ1v) is 6.74. The summed E-state index contributed by atoms with van der Waals surface area (Å²) in [6.07, 6.45) is 0. The summed E-state index contributed by atoms with van der Waals surface area (Å²) >= 11 is 2.38. The molecule has 4 rings (SSSR count). The van der Waals surface area contributed by atoms with E-state index in [-0.39, 0.29) is 0 Å². The van der Waals surface area contributed by atoms with Crippen molar-refractivity contribution in [3.8, 4) is 22.3 Å². The molecule has 0 nitrogen and oxygen atoms in total. The predicted molar refractivity (Wildman–Crippen MR) is 81.1 cm³/mol. The zero-order valence-electron chi connectivity index (χ0n) is 9.07. The first-order chi connectivity index (χ1) is 8.34. The fourth-order valence-electron chi connectivity index (χ4n) is 2.76. The minimum absolute atomic E-state index is 1.30. The summed E-state index contributed by atoms with van der Waals surface area (Å²) in [7, 11) is 0. The maximum Gasteiger partial charge on any atom is 0.0136 e. The third-order valence-corrected chi connectivity index (χ3v) is 4.14. The largest absolute Gasteiger partial charge is 0.0610 e. The molecule has 3 aromatic rings. The van der Waals surface area contributed by atoms with Gasteiger partial charge in [0.25, 0.3) is 0 Å². The molecule has 0 spiro atoms. The highest BCUT2D eigenvalue weighted by Gasteiger charge is 2.20. The Hall–Kier alpha value is -1.35. The number of benzene rings is 3. The quantitative estimate of drug-likeness (QED) is 0.394. The molecule has 0 saturated heterocycles. The Morgan fingerprint density at radius 1 is 0.647 bits per heavy atom. The Morgan fingerprint density at radius 2 is 1.35 bits per heavy atom. The molecule has 0 radical (unpaired) electrons. The van der Waals surface area contributed by atoms with Crippen LogP contribution in [0, 0.1) is 3.57 Å². The molecule has 1 heteroatoms. The lowest BCUT2D eigenvalue weighted by atomic mass is 10.0. The summed E-state index contributed by atoms with van der Waals surface area (Å²) in [5.41, 5.74) is 5.51. The molecule has 0 unspecified atom stereocenters. The Kier molecular flexibility index (Phi) is 1.89. The Bertz CT molecular complexity index is 751. The summed E-state index contributed by atoms with van der Waals surface area (Å²) < 4.78 is 1.30. The highest BCUT2D eigenvalue weighted by molar-refractivity contribution is 14.1. The first kappa shape index (κ1) is 9.66. The van der Waals surface area contributed by atoms with Crippen LogP contribution < -0.4 is 0 Å². The second-order valence-corrected chi connectivity index (χ2v) is 5.64. The fraction of sp³-hybridized carbons (Fsp3) is 0. The van der Waals surface area contributed by atoms with Crippen LogP contribution >= 0.6 is 22.6 Å². The van der Waals surface area contributed by atoms with Gasteiger partial charge in [0.2, 0.25) is 0 Å². The van der Waals surface area contributed by atoms with Gasteiger partial charge in [-0.3, -0.25) is 0 Å². The number of hydrogen-bond donors (Lipinski definition) is 0. The van der Waals surface area contributed by atoms with Gasteiger partial charge >= 0.3 is 0 Å². The van der Waals surface area contributed by atoms with Gasteiger partial charge < -0.3 is 0 Å². The van der Waals surface area contributed by atoms with Crippen molar-refractivity contribution >= 4 is 33.4 Å². The van der Waals surface area contributed by atoms with E-state index in [1.807, 2.05) is 0 Å². The van der Waals surface area contributed by atoms with E-state index in [0.717, 1.165) is 0 Å². The SMILES string of the molecule is Ic1ccc2c(c1)-c1cccc3cccc-2c13. The molecule has 0 bridgehead atoms. The van der Waals surface area contributed by atoms with Crippen LogP contribution in [0.5, 0.6) is 0 Å². The van der Waals surface area contributed by atoms with Crippen LogP contribution in [0.25, 0.3) is 33.0 Å². The molecular weight excluding hydrogens is 319 g/mol. The lowest BCUT2D eigenvalue weighted by molar-refractivity contribution is 1.64. The summed E-state index contributed by atoms with van der Waals surface area (Å²) in [4.78, 5) is 0. The van der Waals surface area contributed by atoms with Gasteiger partial charge in [0.05, 0.1) is 0 Å². The van der Waals surface area contributed by atoms with Gasteiger partial charge in [0.1, 0.15) is 0 Å². The zero-order chi connectivity index (χ0) is 11.4. The highest BCUT2D eigenvalue weighted by Crippen LogP contribution is 2.47. The van der Waals surface area contributed by atoms with E-state index in [2.05, 4.69) is 77.2 Å². The summed E-state index contributed by atoms with van der Waals surface area (Å²) in [5, 5.41) is 2.75. The van der Waals surface area contributed by atoms with Crippen LogP contribution in [0.1, 0.15) is 0 Å². The third-order valence-electron chi connectivity index (χ3n) is 3.47. The Labute approximate surface area is 113 Å². The molecule has 0 aliphatic heterocycles. The molecule has 0 fully saturated rings. The molecule has 0 N–H and O–H groups in total. The second-order valence-electron chi connectivity index (χ2n) is 4.40.